The van der Waals surface area contributed by atoms with E-state index in [-0.39, 0.29) is 0 Å². The molecule has 84 valence electrons. The van der Waals surface area contributed by atoms with E-state index in [2.05, 4.69) is 24.1 Å². The molecule has 0 aromatic carbocycles. The lowest BCUT2D eigenvalue weighted by atomic mass is 10.0. The molecule has 0 bridgehead atoms. The van der Waals surface area contributed by atoms with E-state index in [4.69, 9.17) is 10.7 Å². The maximum Gasteiger partial charge on any atom is 0.0959 e. The molecule has 2 heterocycles. The van der Waals surface area contributed by atoms with Gasteiger partial charge in [0.2, 0.25) is 0 Å². The second kappa shape index (κ2) is 5.32. The zero-order valence-corrected chi connectivity index (χ0v) is 10.7. The van der Waals surface area contributed by atoms with Gasteiger partial charge in [0.05, 0.1) is 10.7 Å². The Morgan fingerprint density at radius 1 is 1.53 bits per heavy atom. The van der Waals surface area contributed by atoms with Crippen molar-refractivity contribution in [3.05, 3.63) is 16.1 Å². The Kier molecular flexibility index (Phi) is 4.05. The molecule has 1 saturated heterocycles. The Balaban J connectivity index is 2.05. The molecule has 2 rings (SSSR count). The molecule has 2 nitrogen and oxygen atoms in total. The largest absolute Gasteiger partial charge is 0.330 e. The van der Waals surface area contributed by atoms with Gasteiger partial charge in [-0.3, -0.25) is 0 Å². The van der Waals surface area contributed by atoms with Crippen molar-refractivity contribution in [1.29, 1.82) is 0 Å². The van der Waals surface area contributed by atoms with Crippen molar-refractivity contribution in [2.45, 2.75) is 31.6 Å². The Morgan fingerprint density at radius 2 is 2.27 bits per heavy atom. The molecule has 1 aromatic heterocycles. The Hall–Kier alpha value is -0.0600. The minimum atomic E-state index is 0.410. The summed E-state index contributed by atoms with van der Waals surface area (Å²) in [5.41, 5.74) is 6.84. The van der Waals surface area contributed by atoms with Gasteiger partial charge in [-0.15, -0.1) is 11.3 Å². The molecular weight excluding hydrogens is 224 g/mol. The van der Waals surface area contributed by atoms with Crippen LogP contribution in [-0.4, -0.2) is 23.0 Å². The van der Waals surface area contributed by atoms with Crippen LogP contribution in [0.4, 0.5) is 0 Å². The SMILES string of the molecule is CC(CN)c1csc(C2CCSCC2)n1. The van der Waals surface area contributed by atoms with Crippen LogP contribution in [0.3, 0.4) is 0 Å². The van der Waals surface area contributed by atoms with Crippen molar-refractivity contribution >= 4 is 23.1 Å². The van der Waals surface area contributed by atoms with E-state index in [0.717, 1.165) is 5.92 Å². The summed E-state index contributed by atoms with van der Waals surface area (Å²) in [5.74, 6) is 3.72. The van der Waals surface area contributed by atoms with Gasteiger partial charge in [-0.05, 0) is 24.3 Å². The third-order valence-corrected chi connectivity index (χ3v) is 5.04. The summed E-state index contributed by atoms with van der Waals surface area (Å²) >= 11 is 3.89. The molecular formula is C11H18N2S2. The van der Waals surface area contributed by atoms with E-state index in [1.54, 1.807) is 0 Å². The highest BCUT2D eigenvalue weighted by Gasteiger charge is 2.19. The summed E-state index contributed by atoms with van der Waals surface area (Å²) in [6.45, 7) is 2.85. The molecule has 0 saturated carbocycles. The molecule has 4 heteroatoms. The lowest BCUT2D eigenvalue weighted by molar-refractivity contribution is 0.626. The normalized spacial score (nSPS) is 20.4. The van der Waals surface area contributed by atoms with Gasteiger partial charge in [0.15, 0.2) is 0 Å². The van der Waals surface area contributed by atoms with Gasteiger partial charge in [0.1, 0.15) is 0 Å². The molecule has 1 fully saturated rings. The van der Waals surface area contributed by atoms with Crippen LogP contribution < -0.4 is 5.73 Å². The van der Waals surface area contributed by atoms with Gasteiger partial charge < -0.3 is 5.73 Å². The average molecular weight is 242 g/mol. The maximum atomic E-state index is 5.65. The van der Waals surface area contributed by atoms with Crippen molar-refractivity contribution in [2.75, 3.05) is 18.1 Å². The summed E-state index contributed by atoms with van der Waals surface area (Å²) in [7, 11) is 0. The number of hydrogen-bond acceptors (Lipinski definition) is 4. The van der Waals surface area contributed by atoms with Gasteiger partial charge in [0, 0.05) is 23.8 Å². The second-order valence-corrected chi connectivity index (χ2v) is 6.25. The smallest absolute Gasteiger partial charge is 0.0959 e. The van der Waals surface area contributed by atoms with Crippen LogP contribution in [0.15, 0.2) is 5.38 Å². The van der Waals surface area contributed by atoms with E-state index >= 15 is 0 Å². The topological polar surface area (TPSA) is 38.9 Å². The van der Waals surface area contributed by atoms with Crippen LogP contribution in [0.2, 0.25) is 0 Å². The number of thioether (sulfide) groups is 1. The molecule has 2 N–H and O–H groups in total. The van der Waals surface area contributed by atoms with Gasteiger partial charge in [-0.2, -0.15) is 11.8 Å². The van der Waals surface area contributed by atoms with Crippen LogP contribution in [0.5, 0.6) is 0 Å². The predicted molar refractivity (Wildman–Crippen MR) is 68.9 cm³/mol. The zero-order chi connectivity index (χ0) is 10.7. The van der Waals surface area contributed by atoms with E-state index in [1.807, 2.05) is 11.3 Å². The predicted octanol–water partition coefficient (Wildman–Crippen LogP) is 2.82. The molecule has 0 spiro atoms. The first-order valence-corrected chi connectivity index (χ1v) is 7.58. The fourth-order valence-corrected chi connectivity index (χ4v) is 4.00. The highest BCUT2D eigenvalue weighted by molar-refractivity contribution is 7.99. The standard InChI is InChI=1S/C11H18N2S2/c1-8(6-12)10-7-15-11(13-10)9-2-4-14-5-3-9/h7-9H,2-6,12H2,1H3. The fourth-order valence-electron chi connectivity index (χ4n) is 1.78. The third-order valence-electron chi connectivity index (χ3n) is 2.97. The van der Waals surface area contributed by atoms with Crippen molar-refractivity contribution in [3.8, 4) is 0 Å². The molecule has 1 unspecified atom stereocenters. The Labute approximate surface area is 99.7 Å². The molecule has 15 heavy (non-hydrogen) atoms. The molecule has 1 aliphatic rings. The van der Waals surface area contributed by atoms with Crippen LogP contribution >= 0.6 is 23.1 Å². The molecule has 0 radical (unpaired) electrons. The third kappa shape index (κ3) is 2.74. The minimum absolute atomic E-state index is 0.410. The first kappa shape index (κ1) is 11.4. The van der Waals surface area contributed by atoms with Crippen LogP contribution in [0.25, 0.3) is 0 Å². The highest BCUT2D eigenvalue weighted by Crippen LogP contribution is 2.34. The molecule has 1 aliphatic heterocycles. The highest BCUT2D eigenvalue weighted by atomic mass is 32.2. The molecule has 1 atom stereocenters. The minimum Gasteiger partial charge on any atom is -0.330 e. The average Bonchev–Trinajstić information content (AvgIpc) is 2.78. The van der Waals surface area contributed by atoms with Crippen LogP contribution in [-0.2, 0) is 0 Å². The second-order valence-electron chi connectivity index (χ2n) is 4.13. The van der Waals surface area contributed by atoms with Gasteiger partial charge in [-0.25, -0.2) is 4.98 Å². The zero-order valence-electron chi connectivity index (χ0n) is 9.11. The number of rotatable bonds is 3. The number of hydrogen-bond donors (Lipinski definition) is 1. The van der Waals surface area contributed by atoms with Crippen LogP contribution in [0.1, 0.15) is 42.3 Å². The van der Waals surface area contributed by atoms with Crippen molar-refractivity contribution < 1.29 is 0 Å². The van der Waals surface area contributed by atoms with E-state index in [1.165, 1.54) is 35.0 Å². The number of aromatic nitrogens is 1. The van der Waals surface area contributed by atoms with Crippen molar-refractivity contribution in [2.24, 2.45) is 5.73 Å². The van der Waals surface area contributed by atoms with Gasteiger partial charge in [-0.1, -0.05) is 6.92 Å². The van der Waals surface area contributed by atoms with Crippen molar-refractivity contribution in [1.82, 2.24) is 4.98 Å². The Morgan fingerprint density at radius 3 is 2.93 bits per heavy atom. The molecule has 0 aliphatic carbocycles. The number of thiazole rings is 1. The summed E-state index contributed by atoms with van der Waals surface area (Å²) in [6.07, 6.45) is 2.60. The van der Waals surface area contributed by atoms with Gasteiger partial charge in [0.25, 0.3) is 0 Å². The maximum absolute atomic E-state index is 5.65. The molecule has 1 aromatic rings. The summed E-state index contributed by atoms with van der Waals surface area (Å²) in [6, 6.07) is 0. The quantitative estimate of drug-likeness (QED) is 0.886. The van der Waals surface area contributed by atoms with Crippen molar-refractivity contribution in [3.63, 3.8) is 0 Å². The monoisotopic (exact) mass is 242 g/mol. The first-order chi connectivity index (χ1) is 7.31. The number of nitrogens with two attached hydrogens (primary N) is 1. The van der Waals surface area contributed by atoms with Crippen LogP contribution in [0, 0.1) is 0 Å². The van der Waals surface area contributed by atoms with E-state index < -0.39 is 0 Å². The summed E-state index contributed by atoms with van der Waals surface area (Å²) in [5, 5.41) is 3.53. The number of nitrogens with zero attached hydrogens (tertiary/aromatic N) is 1. The Bertz CT molecular complexity index is 305. The lowest BCUT2D eigenvalue weighted by Crippen LogP contribution is -2.10. The van der Waals surface area contributed by atoms with E-state index in [9.17, 15) is 0 Å². The first-order valence-electron chi connectivity index (χ1n) is 5.54. The van der Waals surface area contributed by atoms with E-state index in [0.29, 0.717) is 12.5 Å². The molecule has 0 amide bonds. The summed E-state index contributed by atoms with van der Waals surface area (Å²) < 4.78 is 0. The fraction of sp³-hybridized carbons (Fsp3) is 0.727. The lowest BCUT2D eigenvalue weighted by Gasteiger charge is -2.18. The van der Waals surface area contributed by atoms with Gasteiger partial charge >= 0.3 is 0 Å². The summed E-state index contributed by atoms with van der Waals surface area (Å²) in [4.78, 5) is 4.73.